The predicted molar refractivity (Wildman–Crippen MR) is 100 cm³/mol. The Morgan fingerprint density at radius 3 is 2.58 bits per heavy atom. The van der Waals surface area contributed by atoms with Crippen LogP contribution in [0.1, 0.15) is 40.8 Å². The van der Waals surface area contributed by atoms with Gasteiger partial charge in [0.15, 0.2) is 0 Å². The monoisotopic (exact) mass is 344 g/mol. The number of fused-ring (bicyclic) bond motifs is 1. The van der Waals surface area contributed by atoms with E-state index in [2.05, 4.69) is 54.8 Å². The topological polar surface area (TPSA) is 41.1 Å². The predicted octanol–water partition coefficient (Wildman–Crippen LogP) is 3.62. The van der Waals surface area contributed by atoms with E-state index >= 15 is 0 Å². The first-order valence-electron chi connectivity index (χ1n) is 8.22. The van der Waals surface area contributed by atoms with Crippen LogP contribution in [0.25, 0.3) is 0 Å². The van der Waals surface area contributed by atoms with Crippen molar-refractivity contribution < 1.29 is 4.79 Å². The molecular weight excluding hydrogens is 320 g/mol. The summed E-state index contributed by atoms with van der Waals surface area (Å²) in [6.07, 6.45) is 0.752. The molecule has 0 radical (unpaired) electrons. The molecule has 4 heteroatoms. The lowest BCUT2D eigenvalue weighted by atomic mass is 9.95. The zero-order valence-electron chi connectivity index (χ0n) is 14.4. The summed E-state index contributed by atoms with van der Waals surface area (Å²) in [7, 11) is 0. The Morgan fingerprint density at radius 1 is 1.17 bits per heavy atom. The highest BCUT2D eigenvalue weighted by molar-refractivity contribution is 5.85. The number of aryl methyl sites for hydroxylation is 2. The molecule has 0 aromatic heterocycles. The smallest absolute Gasteiger partial charge is 0.237 e. The number of nitrogens with one attached hydrogen (secondary N) is 2. The van der Waals surface area contributed by atoms with Gasteiger partial charge < -0.3 is 10.6 Å². The summed E-state index contributed by atoms with van der Waals surface area (Å²) in [5.41, 5.74) is 6.21. The highest BCUT2D eigenvalue weighted by Crippen LogP contribution is 2.20. The molecule has 2 aromatic rings. The lowest BCUT2D eigenvalue weighted by Crippen LogP contribution is -2.48. The molecule has 0 aliphatic carbocycles. The fourth-order valence-electron chi connectivity index (χ4n) is 3.34. The van der Waals surface area contributed by atoms with Crippen molar-refractivity contribution in [3.05, 3.63) is 70.3 Å². The summed E-state index contributed by atoms with van der Waals surface area (Å²) < 4.78 is 0. The van der Waals surface area contributed by atoms with Gasteiger partial charge in [-0.25, -0.2) is 0 Å². The van der Waals surface area contributed by atoms with E-state index in [0.717, 1.165) is 13.0 Å². The van der Waals surface area contributed by atoms with Crippen molar-refractivity contribution in [2.45, 2.75) is 45.8 Å². The van der Waals surface area contributed by atoms with Crippen LogP contribution in [0.5, 0.6) is 0 Å². The van der Waals surface area contributed by atoms with Gasteiger partial charge in [0.05, 0.1) is 12.1 Å². The SMILES string of the molecule is Cc1ccc(C(C)NC(=O)C2Cc3ccccc3CN2)c(C)c1.Cl. The molecule has 3 nitrogen and oxygen atoms in total. The fraction of sp³-hybridized carbons (Fsp3) is 0.350. The molecule has 1 aliphatic heterocycles. The van der Waals surface area contributed by atoms with Crippen LogP contribution in [0.15, 0.2) is 42.5 Å². The molecule has 0 spiro atoms. The van der Waals surface area contributed by atoms with Gasteiger partial charge in [-0.2, -0.15) is 0 Å². The van der Waals surface area contributed by atoms with Crippen LogP contribution in [0, 0.1) is 13.8 Å². The molecule has 2 atom stereocenters. The highest BCUT2D eigenvalue weighted by Gasteiger charge is 2.25. The molecule has 3 rings (SSSR count). The minimum Gasteiger partial charge on any atom is -0.348 e. The van der Waals surface area contributed by atoms with Gasteiger partial charge in [-0.05, 0) is 49.4 Å². The van der Waals surface area contributed by atoms with E-state index in [1.807, 2.05) is 19.1 Å². The number of halogens is 1. The van der Waals surface area contributed by atoms with Crippen LogP contribution in [0.4, 0.5) is 0 Å². The molecule has 2 aromatic carbocycles. The van der Waals surface area contributed by atoms with Crippen LogP contribution in [-0.2, 0) is 17.8 Å². The quantitative estimate of drug-likeness (QED) is 0.893. The lowest BCUT2D eigenvalue weighted by molar-refractivity contribution is -0.124. The van der Waals surface area contributed by atoms with Gasteiger partial charge >= 0.3 is 0 Å². The van der Waals surface area contributed by atoms with E-state index in [1.165, 1.54) is 27.8 Å². The standard InChI is InChI=1S/C20H24N2O.ClH/c1-13-8-9-18(14(2)10-13)15(3)22-20(23)19-11-16-6-4-5-7-17(16)12-21-19;/h4-10,15,19,21H,11-12H2,1-3H3,(H,22,23);1H. The van der Waals surface area contributed by atoms with E-state index in [0.29, 0.717) is 0 Å². The van der Waals surface area contributed by atoms with E-state index < -0.39 is 0 Å². The number of amides is 1. The second-order valence-electron chi connectivity index (χ2n) is 6.50. The van der Waals surface area contributed by atoms with Gasteiger partial charge in [-0.1, -0.05) is 48.0 Å². The molecule has 2 N–H and O–H groups in total. The largest absolute Gasteiger partial charge is 0.348 e. The van der Waals surface area contributed by atoms with Crippen LogP contribution >= 0.6 is 12.4 Å². The van der Waals surface area contributed by atoms with E-state index in [-0.39, 0.29) is 30.4 Å². The zero-order valence-corrected chi connectivity index (χ0v) is 15.2. The zero-order chi connectivity index (χ0) is 16.4. The normalized spacial score (nSPS) is 17.4. The fourth-order valence-corrected chi connectivity index (χ4v) is 3.34. The minimum atomic E-state index is -0.155. The van der Waals surface area contributed by atoms with E-state index in [9.17, 15) is 4.79 Å². The molecule has 1 amide bonds. The summed E-state index contributed by atoms with van der Waals surface area (Å²) in [4.78, 5) is 12.6. The Kier molecular flexibility index (Phi) is 6.03. The Labute approximate surface area is 150 Å². The van der Waals surface area contributed by atoms with Crippen LogP contribution in [0.2, 0.25) is 0 Å². The van der Waals surface area contributed by atoms with Crippen LogP contribution in [-0.4, -0.2) is 11.9 Å². The average molecular weight is 345 g/mol. The summed E-state index contributed by atoms with van der Waals surface area (Å²) in [5.74, 6) is 0.0759. The van der Waals surface area contributed by atoms with Gasteiger partial charge in [0.1, 0.15) is 0 Å². The van der Waals surface area contributed by atoms with Crippen LogP contribution in [0.3, 0.4) is 0 Å². The Hall–Kier alpha value is -1.84. The maximum atomic E-state index is 12.6. The molecule has 0 saturated heterocycles. The number of rotatable bonds is 3. The van der Waals surface area contributed by atoms with Crippen molar-refractivity contribution in [2.24, 2.45) is 0 Å². The first kappa shape index (κ1) is 18.5. The third-order valence-corrected chi connectivity index (χ3v) is 4.65. The average Bonchev–Trinajstić information content (AvgIpc) is 2.54. The molecule has 0 bridgehead atoms. The van der Waals surface area contributed by atoms with Crippen LogP contribution < -0.4 is 10.6 Å². The van der Waals surface area contributed by atoms with Gasteiger partial charge in [0.2, 0.25) is 5.91 Å². The lowest BCUT2D eigenvalue weighted by Gasteiger charge is -2.27. The van der Waals surface area contributed by atoms with Crippen molar-refractivity contribution in [2.75, 3.05) is 0 Å². The molecular formula is C20H25ClN2O. The summed E-state index contributed by atoms with van der Waals surface area (Å²) >= 11 is 0. The summed E-state index contributed by atoms with van der Waals surface area (Å²) in [5, 5.41) is 6.50. The number of benzene rings is 2. The molecule has 128 valence electrons. The summed E-state index contributed by atoms with van der Waals surface area (Å²) in [6.45, 7) is 6.99. The Morgan fingerprint density at radius 2 is 1.88 bits per heavy atom. The second-order valence-corrected chi connectivity index (χ2v) is 6.50. The van der Waals surface area contributed by atoms with Gasteiger partial charge in [-0.15, -0.1) is 12.4 Å². The van der Waals surface area contributed by atoms with Crippen molar-refractivity contribution >= 4 is 18.3 Å². The van der Waals surface area contributed by atoms with Crippen molar-refractivity contribution in [1.82, 2.24) is 10.6 Å². The maximum absolute atomic E-state index is 12.6. The Bertz CT molecular complexity index is 729. The first-order chi connectivity index (χ1) is 11.0. The summed E-state index contributed by atoms with van der Waals surface area (Å²) in [6, 6.07) is 14.5. The molecule has 1 aliphatic rings. The third-order valence-electron chi connectivity index (χ3n) is 4.65. The molecule has 0 saturated carbocycles. The van der Waals surface area contributed by atoms with E-state index in [1.54, 1.807) is 0 Å². The van der Waals surface area contributed by atoms with Gasteiger partial charge in [-0.3, -0.25) is 4.79 Å². The molecule has 0 fully saturated rings. The number of hydrogen-bond acceptors (Lipinski definition) is 2. The van der Waals surface area contributed by atoms with Crippen molar-refractivity contribution in [1.29, 1.82) is 0 Å². The molecule has 2 unspecified atom stereocenters. The number of carbonyl (C=O) groups excluding carboxylic acids is 1. The first-order valence-corrected chi connectivity index (χ1v) is 8.22. The highest BCUT2D eigenvalue weighted by atomic mass is 35.5. The van der Waals surface area contributed by atoms with Gasteiger partial charge in [0, 0.05) is 6.54 Å². The molecule has 1 heterocycles. The maximum Gasteiger partial charge on any atom is 0.237 e. The Balaban J connectivity index is 0.00000208. The number of hydrogen-bond donors (Lipinski definition) is 2. The van der Waals surface area contributed by atoms with Crippen molar-refractivity contribution in [3.63, 3.8) is 0 Å². The third kappa shape index (κ3) is 3.97. The minimum absolute atomic E-state index is 0. The van der Waals surface area contributed by atoms with Gasteiger partial charge in [0.25, 0.3) is 0 Å². The molecule has 24 heavy (non-hydrogen) atoms. The van der Waals surface area contributed by atoms with E-state index in [4.69, 9.17) is 0 Å². The van der Waals surface area contributed by atoms with Crippen molar-refractivity contribution in [3.8, 4) is 0 Å². The number of carbonyl (C=O) groups is 1. The second kappa shape index (κ2) is 7.82.